The Kier molecular flexibility index (Phi) is 3.91. The van der Waals surface area contributed by atoms with Crippen LogP contribution in [-0.4, -0.2) is 20.7 Å². The third kappa shape index (κ3) is 2.84. The normalized spacial score (nSPS) is 11.2. The maximum absolute atomic E-state index is 12.7. The lowest BCUT2D eigenvalue weighted by atomic mass is 10.2. The Bertz CT molecular complexity index is 1320. The molecule has 5 aromatic rings. The van der Waals surface area contributed by atoms with Crippen molar-refractivity contribution in [3.63, 3.8) is 0 Å². The third-order valence-electron chi connectivity index (χ3n) is 4.57. The number of thiophene rings is 1. The van der Waals surface area contributed by atoms with Gasteiger partial charge in [-0.05, 0) is 54.8 Å². The van der Waals surface area contributed by atoms with E-state index in [1.807, 2.05) is 66.2 Å². The standard InChI is InChI=1S/C22H15N3O2S/c1-14-19-12-20(28-21(19)25(24-14)17-5-3-2-4-6-17)22(26)27-18-8-7-16-13-23-10-9-15(16)11-18/h2-13H,1H3. The largest absolute Gasteiger partial charge is 0.422 e. The predicted molar refractivity (Wildman–Crippen MR) is 110 cm³/mol. The molecule has 0 saturated carbocycles. The van der Waals surface area contributed by atoms with Crippen LogP contribution in [-0.2, 0) is 0 Å². The first-order valence-corrected chi connectivity index (χ1v) is 9.61. The molecule has 6 heteroatoms. The molecule has 0 bridgehead atoms. The van der Waals surface area contributed by atoms with Crippen LogP contribution in [0.3, 0.4) is 0 Å². The van der Waals surface area contributed by atoms with E-state index in [1.54, 1.807) is 18.5 Å². The molecule has 0 unspecified atom stereocenters. The fourth-order valence-electron chi connectivity index (χ4n) is 3.17. The van der Waals surface area contributed by atoms with Gasteiger partial charge in [0.25, 0.3) is 0 Å². The van der Waals surface area contributed by atoms with Crippen LogP contribution in [0.25, 0.3) is 26.7 Å². The number of ether oxygens (including phenoxy) is 1. The summed E-state index contributed by atoms with van der Waals surface area (Å²) in [7, 11) is 0. The van der Waals surface area contributed by atoms with Gasteiger partial charge >= 0.3 is 5.97 Å². The summed E-state index contributed by atoms with van der Waals surface area (Å²) >= 11 is 1.39. The lowest BCUT2D eigenvalue weighted by Crippen LogP contribution is -2.06. The van der Waals surface area contributed by atoms with Gasteiger partial charge < -0.3 is 4.74 Å². The minimum Gasteiger partial charge on any atom is -0.422 e. The number of hydrogen-bond acceptors (Lipinski definition) is 5. The van der Waals surface area contributed by atoms with Crippen molar-refractivity contribution in [2.75, 3.05) is 0 Å². The van der Waals surface area contributed by atoms with Crippen LogP contribution in [0.15, 0.2) is 73.1 Å². The number of pyridine rings is 1. The number of aromatic nitrogens is 3. The zero-order valence-corrected chi connectivity index (χ0v) is 15.8. The van der Waals surface area contributed by atoms with Crippen LogP contribution in [0.4, 0.5) is 0 Å². The van der Waals surface area contributed by atoms with Crippen molar-refractivity contribution in [2.45, 2.75) is 6.92 Å². The third-order valence-corrected chi connectivity index (χ3v) is 5.66. The smallest absolute Gasteiger partial charge is 0.353 e. The molecule has 0 aliphatic carbocycles. The molecule has 0 aliphatic heterocycles. The SMILES string of the molecule is Cc1nn(-c2ccccc2)c2sc(C(=O)Oc3ccc4cnccc4c3)cc12. The van der Waals surface area contributed by atoms with E-state index < -0.39 is 0 Å². The number of para-hydroxylation sites is 1. The number of carbonyl (C=O) groups is 1. The Hall–Kier alpha value is -3.51. The second-order valence-corrected chi connectivity index (χ2v) is 7.47. The summed E-state index contributed by atoms with van der Waals surface area (Å²) in [4.78, 5) is 18.3. The van der Waals surface area contributed by atoms with Gasteiger partial charge in [-0.2, -0.15) is 5.10 Å². The molecule has 0 atom stereocenters. The molecule has 2 aromatic carbocycles. The van der Waals surface area contributed by atoms with Crippen LogP contribution in [0.1, 0.15) is 15.4 Å². The summed E-state index contributed by atoms with van der Waals surface area (Å²) in [6.45, 7) is 1.95. The monoisotopic (exact) mass is 385 g/mol. The topological polar surface area (TPSA) is 57.0 Å². The maximum Gasteiger partial charge on any atom is 0.353 e. The number of hydrogen-bond donors (Lipinski definition) is 0. The lowest BCUT2D eigenvalue weighted by molar-refractivity contribution is 0.0740. The molecule has 3 aromatic heterocycles. The summed E-state index contributed by atoms with van der Waals surface area (Å²) in [5, 5.41) is 7.55. The molecular weight excluding hydrogens is 370 g/mol. The van der Waals surface area contributed by atoms with E-state index in [2.05, 4.69) is 10.1 Å². The Morgan fingerprint density at radius 1 is 1.04 bits per heavy atom. The highest BCUT2D eigenvalue weighted by Crippen LogP contribution is 2.31. The average molecular weight is 385 g/mol. The van der Waals surface area contributed by atoms with Crippen molar-refractivity contribution in [2.24, 2.45) is 0 Å². The van der Waals surface area contributed by atoms with Gasteiger partial charge in [0.05, 0.1) is 11.4 Å². The fraction of sp³-hybridized carbons (Fsp3) is 0.0455. The molecule has 0 aliphatic rings. The molecule has 0 radical (unpaired) electrons. The van der Waals surface area contributed by atoms with Crippen LogP contribution in [0.5, 0.6) is 5.75 Å². The van der Waals surface area contributed by atoms with E-state index >= 15 is 0 Å². The van der Waals surface area contributed by atoms with Gasteiger partial charge in [-0.3, -0.25) is 4.98 Å². The summed E-state index contributed by atoms with van der Waals surface area (Å²) in [5.41, 5.74) is 1.85. The van der Waals surface area contributed by atoms with Gasteiger partial charge in [0.2, 0.25) is 0 Å². The predicted octanol–water partition coefficient (Wildman–Crippen LogP) is 5.16. The molecular formula is C22H15N3O2S. The summed E-state index contributed by atoms with van der Waals surface area (Å²) < 4.78 is 7.48. The van der Waals surface area contributed by atoms with Crippen molar-refractivity contribution in [3.05, 3.63) is 83.6 Å². The first kappa shape index (κ1) is 16.6. The summed E-state index contributed by atoms with van der Waals surface area (Å²) in [5.74, 6) is 0.149. The minimum atomic E-state index is -0.367. The van der Waals surface area contributed by atoms with Gasteiger partial charge in [0, 0.05) is 23.2 Å². The molecule has 0 N–H and O–H groups in total. The highest BCUT2D eigenvalue weighted by molar-refractivity contribution is 7.20. The summed E-state index contributed by atoms with van der Waals surface area (Å²) in [6, 6.07) is 19.2. The number of esters is 1. The number of fused-ring (bicyclic) bond motifs is 2. The first-order valence-electron chi connectivity index (χ1n) is 8.79. The van der Waals surface area contributed by atoms with Crippen molar-refractivity contribution < 1.29 is 9.53 Å². The van der Waals surface area contributed by atoms with Crippen LogP contribution >= 0.6 is 11.3 Å². The molecule has 136 valence electrons. The Morgan fingerprint density at radius 3 is 2.75 bits per heavy atom. The molecule has 0 amide bonds. The van der Waals surface area contributed by atoms with Crippen LogP contribution in [0, 0.1) is 6.92 Å². The quantitative estimate of drug-likeness (QED) is 0.318. The van der Waals surface area contributed by atoms with Crippen molar-refractivity contribution in [1.82, 2.24) is 14.8 Å². The van der Waals surface area contributed by atoms with Gasteiger partial charge in [0.1, 0.15) is 15.5 Å². The highest BCUT2D eigenvalue weighted by atomic mass is 32.1. The van der Waals surface area contributed by atoms with Crippen molar-refractivity contribution in [1.29, 1.82) is 0 Å². The Morgan fingerprint density at radius 2 is 1.89 bits per heavy atom. The first-order chi connectivity index (χ1) is 13.7. The number of rotatable bonds is 3. The molecule has 3 heterocycles. The molecule has 0 spiro atoms. The zero-order chi connectivity index (χ0) is 19.1. The van der Waals surface area contributed by atoms with Crippen molar-refractivity contribution >= 4 is 38.3 Å². The van der Waals surface area contributed by atoms with E-state index in [1.165, 1.54) is 11.3 Å². The van der Waals surface area contributed by atoms with Crippen LogP contribution in [0.2, 0.25) is 0 Å². The Labute approximate surface area is 164 Å². The molecule has 0 saturated heterocycles. The van der Waals surface area contributed by atoms with E-state index in [-0.39, 0.29) is 5.97 Å². The Balaban J connectivity index is 1.49. The van der Waals surface area contributed by atoms with E-state index in [9.17, 15) is 4.79 Å². The molecule has 28 heavy (non-hydrogen) atoms. The zero-order valence-electron chi connectivity index (χ0n) is 15.0. The van der Waals surface area contributed by atoms with Crippen LogP contribution < -0.4 is 4.74 Å². The average Bonchev–Trinajstić information content (AvgIpc) is 3.29. The highest BCUT2D eigenvalue weighted by Gasteiger charge is 2.18. The fourth-order valence-corrected chi connectivity index (χ4v) is 4.23. The van der Waals surface area contributed by atoms with Gasteiger partial charge in [-0.1, -0.05) is 18.2 Å². The van der Waals surface area contributed by atoms with Gasteiger partial charge in [-0.25, -0.2) is 9.48 Å². The number of nitrogens with zero attached hydrogens (tertiary/aromatic N) is 3. The minimum absolute atomic E-state index is 0.367. The van der Waals surface area contributed by atoms with Gasteiger partial charge in [-0.15, -0.1) is 11.3 Å². The second-order valence-electron chi connectivity index (χ2n) is 6.44. The lowest BCUT2D eigenvalue weighted by Gasteiger charge is -2.04. The number of benzene rings is 2. The maximum atomic E-state index is 12.7. The summed E-state index contributed by atoms with van der Waals surface area (Å²) in [6.07, 6.45) is 3.50. The van der Waals surface area contributed by atoms with E-state index in [0.717, 1.165) is 32.4 Å². The van der Waals surface area contributed by atoms with E-state index in [4.69, 9.17) is 4.74 Å². The number of carbonyl (C=O) groups excluding carboxylic acids is 1. The molecule has 5 nitrogen and oxygen atoms in total. The van der Waals surface area contributed by atoms with Crippen molar-refractivity contribution in [3.8, 4) is 11.4 Å². The second kappa shape index (κ2) is 6.58. The molecule has 5 rings (SSSR count). The molecule has 0 fully saturated rings. The van der Waals surface area contributed by atoms with Gasteiger partial charge in [0.15, 0.2) is 0 Å². The van der Waals surface area contributed by atoms with E-state index in [0.29, 0.717) is 10.6 Å². The number of aryl methyl sites for hydroxylation is 1.